The number of halogens is 3. The Morgan fingerprint density at radius 2 is 2.04 bits per heavy atom. The third-order valence-electron chi connectivity index (χ3n) is 3.22. The molecule has 0 saturated carbocycles. The molecule has 6 nitrogen and oxygen atoms in total. The highest BCUT2D eigenvalue weighted by Gasteiger charge is 2.07. The van der Waals surface area contributed by atoms with Crippen LogP contribution in [-0.2, 0) is 6.54 Å². The monoisotopic (exact) mass is 426 g/mol. The van der Waals surface area contributed by atoms with Crippen molar-refractivity contribution in [2.24, 2.45) is 0 Å². The van der Waals surface area contributed by atoms with Crippen molar-refractivity contribution in [2.75, 3.05) is 17.7 Å². The van der Waals surface area contributed by atoms with Gasteiger partial charge in [-0.2, -0.15) is 10.1 Å². The molecule has 0 atom stereocenters. The minimum atomic E-state index is 0.435. The van der Waals surface area contributed by atoms with Crippen LogP contribution in [0, 0.1) is 0 Å². The van der Waals surface area contributed by atoms with E-state index in [1.54, 1.807) is 17.9 Å². The molecule has 0 radical (unpaired) electrons. The molecule has 0 aliphatic heterocycles. The molecule has 24 heavy (non-hydrogen) atoms. The van der Waals surface area contributed by atoms with E-state index >= 15 is 0 Å². The summed E-state index contributed by atoms with van der Waals surface area (Å²) in [5.41, 5.74) is 1.75. The normalized spacial score (nSPS) is 10.7. The summed E-state index contributed by atoms with van der Waals surface area (Å²) in [6.45, 7) is 0.567. The molecule has 0 amide bonds. The Bertz CT molecular complexity index is 867. The van der Waals surface area contributed by atoms with Gasteiger partial charge in [0.05, 0.1) is 24.6 Å². The molecular formula is C15H13BrCl2N6. The number of anilines is 3. The average Bonchev–Trinajstić information content (AvgIpc) is 2.99. The Morgan fingerprint density at radius 3 is 2.79 bits per heavy atom. The van der Waals surface area contributed by atoms with Crippen molar-refractivity contribution in [3.05, 3.63) is 56.9 Å². The maximum atomic E-state index is 6.24. The Labute approximate surface area is 157 Å². The summed E-state index contributed by atoms with van der Waals surface area (Å²) >= 11 is 15.6. The number of nitrogens with one attached hydrogen (secondary N) is 2. The van der Waals surface area contributed by atoms with Crippen molar-refractivity contribution in [1.29, 1.82) is 0 Å². The lowest BCUT2D eigenvalue weighted by Gasteiger charge is -2.06. The van der Waals surface area contributed by atoms with Crippen LogP contribution in [-0.4, -0.2) is 26.8 Å². The predicted molar refractivity (Wildman–Crippen MR) is 100 cm³/mol. The summed E-state index contributed by atoms with van der Waals surface area (Å²) in [5.74, 6) is 0.994. The third kappa shape index (κ3) is 3.98. The summed E-state index contributed by atoms with van der Waals surface area (Å²) in [6, 6.07) is 5.77. The van der Waals surface area contributed by atoms with Crippen LogP contribution in [0.1, 0.15) is 5.56 Å². The molecule has 0 fully saturated rings. The molecule has 1 aromatic carbocycles. The number of nitrogens with zero attached hydrogens (tertiary/aromatic N) is 4. The molecular weight excluding hydrogens is 415 g/mol. The molecule has 0 saturated heterocycles. The molecule has 3 aromatic rings. The van der Waals surface area contributed by atoms with Gasteiger partial charge in [-0.05, 0) is 17.7 Å². The Balaban J connectivity index is 1.73. The molecule has 2 heterocycles. The van der Waals surface area contributed by atoms with Crippen LogP contribution < -0.4 is 10.6 Å². The molecule has 3 rings (SSSR count). The first kappa shape index (κ1) is 17.0. The molecule has 0 unspecified atom stereocenters. The largest absolute Gasteiger partial charge is 0.372 e. The van der Waals surface area contributed by atoms with E-state index in [1.165, 1.54) is 6.20 Å². The van der Waals surface area contributed by atoms with E-state index in [2.05, 4.69) is 41.6 Å². The lowest BCUT2D eigenvalue weighted by molar-refractivity contribution is 0.687. The van der Waals surface area contributed by atoms with Crippen LogP contribution in [0.5, 0.6) is 0 Å². The van der Waals surface area contributed by atoms with Crippen molar-refractivity contribution in [2.45, 2.75) is 6.54 Å². The van der Waals surface area contributed by atoms with E-state index in [0.29, 0.717) is 28.4 Å². The number of hydrogen-bond acceptors (Lipinski definition) is 5. The van der Waals surface area contributed by atoms with Crippen LogP contribution in [0.25, 0.3) is 0 Å². The van der Waals surface area contributed by atoms with Gasteiger partial charge in [-0.15, -0.1) is 0 Å². The highest BCUT2D eigenvalue weighted by Crippen LogP contribution is 2.23. The van der Waals surface area contributed by atoms with Crippen molar-refractivity contribution >= 4 is 56.6 Å². The quantitative estimate of drug-likeness (QED) is 0.623. The fraction of sp³-hybridized carbons (Fsp3) is 0.133. The highest BCUT2D eigenvalue weighted by molar-refractivity contribution is 9.10. The smallest absolute Gasteiger partial charge is 0.229 e. The van der Waals surface area contributed by atoms with Crippen LogP contribution in [0.2, 0.25) is 10.0 Å². The van der Waals surface area contributed by atoms with Crippen molar-refractivity contribution < 1.29 is 0 Å². The van der Waals surface area contributed by atoms with Gasteiger partial charge in [-0.3, -0.25) is 4.68 Å². The second-order valence-electron chi connectivity index (χ2n) is 4.93. The maximum Gasteiger partial charge on any atom is 0.229 e. The second-order valence-corrected chi connectivity index (χ2v) is 6.66. The summed E-state index contributed by atoms with van der Waals surface area (Å²) in [7, 11) is 1.75. The summed E-state index contributed by atoms with van der Waals surface area (Å²) in [6.07, 6.45) is 5.09. The van der Waals surface area contributed by atoms with Crippen molar-refractivity contribution in [3.8, 4) is 0 Å². The minimum Gasteiger partial charge on any atom is -0.372 e. The van der Waals surface area contributed by atoms with Crippen molar-refractivity contribution in [3.63, 3.8) is 0 Å². The third-order valence-corrected chi connectivity index (χ3v) is 4.34. The van der Waals surface area contributed by atoms with Gasteiger partial charge < -0.3 is 10.6 Å². The van der Waals surface area contributed by atoms with Gasteiger partial charge in [0.15, 0.2) is 0 Å². The van der Waals surface area contributed by atoms with E-state index in [0.717, 1.165) is 15.7 Å². The minimum absolute atomic E-state index is 0.435. The van der Waals surface area contributed by atoms with Gasteiger partial charge in [-0.25, -0.2) is 4.98 Å². The standard InChI is InChI=1S/C15H13BrCl2N6/c1-19-14-13(18)6-20-15(23-14)22-11-5-21-24(8-11)7-9-2-3-10(16)4-12(9)17/h2-6,8H,7H2,1H3,(H2,19,20,22,23). The molecule has 2 aromatic heterocycles. The lowest BCUT2D eigenvalue weighted by atomic mass is 10.2. The Hall–Kier alpha value is -1.83. The fourth-order valence-corrected chi connectivity index (χ4v) is 2.99. The van der Waals surface area contributed by atoms with Gasteiger partial charge in [-0.1, -0.05) is 45.2 Å². The highest BCUT2D eigenvalue weighted by atomic mass is 79.9. The van der Waals surface area contributed by atoms with E-state index in [9.17, 15) is 0 Å². The predicted octanol–water partition coefficient (Wildman–Crippen LogP) is 4.58. The van der Waals surface area contributed by atoms with E-state index in [4.69, 9.17) is 23.2 Å². The number of hydrogen-bond donors (Lipinski definition) is 2. The van der Waals surface area contributed by atoms with Crippen molar-refractivity contribution in [1.82, 2.24) is 19.7 Å². The second kappa shape index (κ2) is 7.38. The van der Waals surface area contributed by atoms with Crippen LogP contribution in [0.3, 0.4) is 0 Å². The topological polar surface area (TPSA) is 67.7 Å². The SMILES string of the molecule is CNc1nc(Nc2cnn(Cc3ccc(Br)cc3Cl)c2)ncc1Cl. The van der Waals surface area contributed by atoms with Gasteiger partial charge >= 0.3 is 0 Å². The maximum absolute atomic E-state index is 6.24. The van der Waals surface area contributed by atoms with E-state index in [1.807, 2.05) is 24.4 Å². The van der Waals surface area contributed by atoms with Crippen LogP contribution in [0.15, 0.2) is 41.3 Å². The molecule has 0 aliphatic carbocycles. The summed E-state index contributed by atoms with van der Waals surface area (Å²) < 4.78 is 2.73. The number of aromatic nitrogens is 4. The first-order valence-electron chi connectivity index (χ1n) is 6.99. The molecule has 2 N–H and O–H groups in total. The zero-order valence-corrected chi connectivity index (χ0v) is 15.7. The summed E-state index contributed by atoms with van der Waals surface area (Å²) in [5, 5.41) is 11.5. The summed E-state index contributed by atoms with van der Waals surface area (Å²) in [4.78, 5) is 8.42. The zero-order valence-electron chi connectivity index (χ0n) is 12.6. The first-order chi connectivity index (χ1) is 11.5. The van der Waals surface area contributed by atoms with Gasteiger partial charge in [0, 0.05) is 22.7 Å². The molecule has 124 valence electrons. The lowest BCUT2D eigenvalue weighted by Crippen LogP contribution is -2.01. The Morgan fingerprint density at radius 1 is 1.21 bits per heavy atom. The first-order valence-corrected chi connectivity index (χ1v) is 8.54. The van der Waals surface area contributed by atoms with Crippen LogP contribution in [0.4, 0.5) is 17.5 Å². The molecule has 0 bridgehead atoms. The van der Waals surface area contributed by atoms with Gasteiger partial charge in [0.25, 0.3) is 0 Å². The van der Waals surface area contributed by atoms with Gasteiger partial charge in [0.1, 0.15) is 10.8 Å². The average molecular weight is 428 g/mol. The molecule has 0 spiro atoms. The molecule has 0 aliphatic rings. The Kier molecular flexibility index (Phi) is 5.23. The zero-order chi connectivity index (χ0) is 17.1. The van der Waals surface area contributed by atoms with E-state index < -0.39 is 0 Å². The number of rotatable bonds is 5. The number of benzene rings is 1. The van der Waals surface area contributed by atoms with Gasteiger partial charge in [0.2, 0.25) is 5.95 Å². The van der Waals surface area contributed by atoms with E-state index in [-0.39, 0.29) is 0 Å². The molecule has 9 heteroatoms. The van der Waals surface area contributed by atoms with Crippen LogP contribution >= 0.6 is 39.1 Å². The fourth-order valence-electron chi connectivity index (χ4n) is 2.07.